The standard InChI is InChI=1S/C16H26N2O/c1-11(2)13-8-7-12(3)10-14(13)17-16(19)15-6-5-9-18(15)4/h5-6,9,11-14H,7-8,10H2,1-4H3,(H,17,19). The normalized spacial score (nSPS) is 27.5. The van der Waals surface area contributed by atoms with Gasteiger partial charge in [-0.15, -0.1) is 0 Å². The number of rotatable bonds is 3. The zero-order valence-corrected chi connectivity index (χ0v) is 12.5. The molecule has 1 aliphatic carbocycles. The van der Waals surface area contributed by atoms with Gasteiger partial charge in [0.25, 0.3) is 5.91 Å². The van der Waals surface area contributed by atoms with E-state index >= 15 is 0 Å². The van der Waals surface area contributed by atoms with Crippen LogP contribution in [0.4, 0.5) is 0 Å². The van der Waals surface area contributed by atoms with E-state index in [0.717, 1.165) is 12.1 Å². The van der Waals surface area contributed by atoms with Crippen LogP contribution in [0.15, 0.2) is 18.3 Å². The Morgan fingerprint density at radius 3 is 2.74 bits per heavy atom. The molecule has 2 rings (SSSR count). The molecule has 1 aromatic heterocycles. The highest BCUT2D eigenvalue weighted by molar-refractivity contribution is 5.92. The van der Waals surface area contributed by atoms with Crippen LogP contribution in [0, 0.1) is 17.8 Å². The van der Waals surface area contributed by atoms with E-state index in [1.807, 2.05) is 29.9 Å². The van der Waals surface area contributed by atoms with E-state index in [1.165, 1.54) is 12.8 Å². The molecule has 3 heteroatoms. The third kappa shape index (κ3) is 3.20. The number of amides is 1. The first kappa shape index (κ1) is 14.2. The Labute approximate surface area is 116 Å². The van der Waals surface area contributed by atoms with Crippen LogP contribution in [-0.4, -0.2) is 16.5 Å². The van der Waals surface area contributed by atoms with Gasteiger partial charge in [0.15, 0.2) is 0 Å². The highest BCUT2D eigenvalue weighted by Crippen LogP contribution is 2.33. The second-order valence-corrected chi connectivity index (χ2v) is 6.41. The zero-order chi connectivity index (χ0) is 14.0. The fourth-order valence-electron chi connectivity index (χ4n) is 3.31. The van der Waals surface area contributed by atoms with Gasteiger partial charge < -0.3 is 9.88 Å². The molecule has 1 amide bonds. The number of carbonyl (C=O) groups excluding carboxylic acids is 1. The lowest BCUT2D eigenvalue weighted by Gasteiger charge is -2.37. The Balaban J connectivity index is 2.07. The van der Waals surface area contributed by atoms with Gasteiger partial charge in [-0.2, -0.15) is 0 Å². The van der Waals surface area contributed by atoms with E-state index in [9.17, 15) is 4.79 Å². The molecule has 1 aliphatic rings. The van der Waals surface area contributed by atoms with E-state index in [2.05, 4.69) is 26.1 Å². The molecule has 0 bridgehead atoms. The van der Waals surface area contributed by atoms with Gasteiger partial charge in [-0.1, -0.05) is 27.2 Å². The van der Waals surface area contributed by atoms with Gasteiger partial charge in [0.05, 0.1) is 0 Å². The number of carbonyl (C=O) groups is 1. The van der Waals surface area contributed by atoms with Crippen molar-refractivity contribution in [2.24, 2.45) is 24.8 Å². The molecule has 106 valence electrons. The van der Waals surface area contributed by atoms with Gasteiger partial charge >= 0.3 is 0 Å². The summed E-state index contributed by atoms with van der Waals surface area (Å²) in [6.45, 7) is 6.82. The van der Waals surface area contributed by atoms with Crippen molar-refractivity contribution in [3.05, 3.63) is 24.0 Å². The van der Waals surface area contributed by atoms with E-state index in [-0.39, 0.29) is 5.91 Å². The quantitative estimate of drug-likeness (QED) is 0.891. The maximum Gasteiger partial charge on any atom is 0.268 e. The predicted octanol–water partition coefficient (Wildman–Crippen LogP) is 3.22. The summed E-state index contributed by atoms with van der Waals surface area (Å²) in [5.41, 5.74) is 0.751. The van der Waals surface area contributed by atoms with E-state index < -0.39 is 0 Å². The number of nitrogens with zero attached hydrogens (tertiary/aromatic N) is 1. The van der Waals surface area contributed by atoms with Crippen LogP contribution in [0.25, 0.3) is 0 Å². The molecule has 0 aliphatic heterocycles. The van der Waals surface area contributed by atoms with E-state index in [1.54, 1.807) is 0 Å². The molecule has 1 N–H and O–H groups in total. The number of aryl methyl sites for hydroxylation is 1. The van der Waals surface area contributed by atoms with Crippen LogP contribution in [0.5, 0.6) is 0 Å². The van der Waals surface area contributed by atoms with Crippen molar-refractivity contribution >= 4 is 5.91 Å². The van der Waals surface area contributed by atoms with Crippen molar-refractivity contribution in [2.75, 3.05) is 0 Å². The molecule has 0 saturated heterocycles. The monoisotopic (exact) mass is 262 g/mol. The minimum atomic E-state index is 0.0669. The highest BCUT2D eigenvalue weighted by atomic mass is 16.2. The topological polar surface area (TPSA) is 34.0 Å². The first-order chi connectivity index (χ1) is 8.99. The summed E-state index contributed by atoms with van der Waals surface area (Å²) in [7, 11) is 1.92. The van der Waals surface area contributed by atoms with Crippen LogP contribution in [-0.2, 0) is 7.05 Å². The van der Waals surface area contributed by atoms with Crippen LogP contribution in [0.3, 0.4) is 0 Å². The Morgan fingerprint density at radius 2 is 2.16 bits per heavy atom. The maximum absolute atomic E-state index is 12.3. The SMILES string of the molecule is CC1CCC(C(C)C)C(NC(=O)c2cccn2C)C1. The average Bonchev–Trinajstić information content (AvgIpc) is 2.75. The molecule has 0 aromatic carbocycles. The van der Waals surface area contributed by atoms with Gasteiger partial charge in [-0.05, 0) is 42.7 Å². The molecular weight excluding hydrogens is 236 g/mol. The molecule has 3 unspecified atom stereocenters. The van der Waals surface area contributed by atoms with Crippen LogP contribution in [0.1, 0.15) is 50.5 Å². The number of nitrogens with one attached hydrogen (secondary N) is 1. The minimum Gasteiger partial charge on any atom is -0.348 e. The summed E-state index contributed by atoms with van der Waals surface area (Å²) in [5, 5.41) is 3.26. The summed E-state index contributed by atoms with van der Waals surface area (Å²) < 4.78 is 1.88. The van der Waals surface area contributed by atoms with E-state index in [4.69, 9.17) is 0 Å². The number of hydrogen-bond donors (Lipinski definition) is 1. The maximum atomic E-state index is 12.3. The summed E-state index contributed by atoms with van der Waals surface area (Å²) in [6.07, 6.45) is 5.55. The highest BCUT2D eigenvalue weighted by Gasteiger charge is 2.32. The lowest BCUT2D eigenvalue weighted by molar-refractivity contribution is 0.0859. The molecule has 1 heterocycles. The Morgan fingerprint density at radius 1 is 1.42 bits per heavy atom. The third-order valence-electron chi connectivity index (χ3n) is 4.52. The van der Waals surface area contributed by atoms with E-state index in [0.29, 0.717) is 23.8 Å². The first-order valence-corrected chi connectivity index (χ1v) is 7.41. The summed E-state index contributed by atoms with van der Waals surface area (Å²) in [6, 6.07) is 4.12. The van der Waals surface area contributed by atoms with Gasteiger partial charge in [0.2, 0.25) is 0 Å². The Hall–Kier alpha value is -1.25. The molecule has 0 spiro atoms. The molecule has 3 nitrogen and oxygen atoms in total. The molecule has 1 saturated carbocycles. The average molecular weight is 262 g/mol. The molecule has 19 heavy (non-hydrogen) atoms. The second kappa shape index (κ2) is 5.81. The Kier molecular flexibility index (Phi) is 4.33. The second-order valence-electron chi connectivity index (χ2n) is 6.41. The first-order valence-electron chi connectivity index (χ1n) is 7.41. The third-order valence-corrected chi connectivity index (χ3v) is 4.52. The molecule has 0 radical (unpaired) electrons. The van der Waals surface area contributed by atoms with Crippen LogP contribution in [0.2, 0.25) is 0 Å². The van der Waals surface area contributed by atoms with Gasteiger partial charge in [0.1, 0.15) is 5.69 Å². The van der Waals surface area contributed by atoms with Gasteiger partial charge in [0, 0.05) is 19.3 Å². The number of hydrogen-bond acceptors (Lipinski definition) is 1. The van der Waals surface area contributed by atoms with Crippen molar-refractivity contribution in [2.45, 2.75) is 46.1 Å². The van der Waals surface area contributed by atoms with Crippen molar-refractivity contribution in [1.82, 2.24) is 9.88 Å². The fraction of sp³-hybridized carbons (Fsp3) is 0.688. The zero-order valence-electron chi connectivity index (χ0n) is 12.5. The summed E-state index contributed by atoms with van der Waals surface area (Å²) in [4.78, 5) is 12.3. The largest absolute Gasteiger partial charge is 0.348 e. The van der Waals surface area contributed by atoms with Crippen molar-refractivity contribution in [3.8, 4) is 0 Å². The lowest BCUT2D eigenvalue weighted by atomic mass is 9.74. The Bertz CT molecular complexity index is 436. The fourth-order valence-corrected chi connectivity index (χ4v) is 3.31. The van der Waals surface area contributed by atoms with Gasteiger partial charge in [-0.3, -0.25) is 4.79 Å². The summed E-state index contributed by atoms with van der Waals surface area (Å²) >= 11 is 0. The summed E-state index contributed by atoms with van der Waals surface area (Å²) in [5.74, 6) is 2.03. The van der Waals surface area contributed by atoms with Crippen molar-refractivity contribution < 1.29 is 4.79 Å². The molecular formula is C16H26N2O. The van der Waals surface area contributed by atoms with Crippen molar-refractivity contribution in [3.63, 3.8) is 0 Å². The number of aromatic nitrogens is 1. The smallest absolute Gasteiger partial charge is 0.268 e. The molecule has 3 atom stereocenters. The van der Waals surface area contributed by atoms with Crippen molar-refractivity contribution in [1.29, 1.82) is 0 Å². The lowest BCUT2D eigenvalue weighted by Crippen LogP contribution is -2.45. The molecule has 1 fully saturated rings. The van der Waals surface area contributed by atoms with Crippen LogP contribution < -0.4 is 5.32 Å². The predicted molar refractivity (Wildman–Crippen MR) is 78.0 cm³/mol. The minimum absolute atomic E-state index is 0.0669. The molecule has 1 aromatic rings. The van der Waals surface area contributed by atoms with Crippen LogP contribution >= 0.6 is 0 Å². The van der Waals surface area contributed by atoms with Gasteiger partial charge in [-0.25, -0.2) is 0 Å².